The molecule has 1 unspecified atom stereocenters. The molecule has 2 N–H and O–H groups in total. The molecule has 34 heavy (non-hydrogen) atoms. The molecule has 0 spiro atoms. The van der Waals surface area contributed by atoms with Crippen molar-refractivity contribution in [1.29, 1.82) is 0 Å². The number of fused-ring (bicyclic) bond motifs is 1. The fourth-order valence-corrected chi connectivity index (χ4v) is 6.07. The summed E-state index contributed by atoms with van der Waals surface area (Å²) in [5.41, 5.74) is 2.31. The topological polar surface area (TPSA) is 71.1 Å². The third-order valence-electron chi connectivity index (χ3n) is 5.84. The van der Waals surface area contributed by atoms with Crippen molar-refractivity contribution >= 4 is 45.1 Å². The predicted octanol–water partition coefficient (Wildman–Crippen LogP) is 6.88. The number of thiazole rings is 1. The van der Waals surface area contributed by atoms with E-state index in [-0.39, 0.29) is 18.2 Å². The Bertz CT molecular complexity index is 869. The lowest BCUT2D eigenvalue weighted by Crippen LogP contribution is -2.37. The summed E-state index contributed by atoms with van der Waals surface area (Å²) >= 11 is 3.03. The lowest BCUT2D eigenvalue weighted by atomic mass is 10.1. The molecule has 1 aromatic carbocycles. The zero-order valence-electron chi connectivity index (χ0n) is 21.3. The maximum atomic E-state index is 12.9. The van der Waals surface area contributed by atoms with Crippen LogP contribution in [0.2, 0.25) is 0 Å². The number of aromatic nitrogens is 1. The van der Waals surface area contributed by atoms with Gasteiger partial charge < -0.3 is 10.6 Å². The first-order valence-corrected chi connectivity index (χ1v) is 14.9. The number of rotatable bonds is 18. The fourth-order valence-electron chi connectivity index (χ4n) is 3.77. The molecule has 1 atom stereocenters. The molecule has 1 heterocycles. The molecule has 2 rings (SSSR count). The summed E-state index contributed by atoms with van der Waals surface area (Å²) in [5.74, 6) is -0.131. The normalized spacial score (nSPS) is 12.1. The number of carbonyl (C=O) groups is 2. The largest absolute Gasteiger partial charge is 0.356 e. The summed E-state index contributed by atoms with van der Waals surface area (Å²) < 4.78 is 1.98. The molecule has 190 valence electrons. The van der Waals surface area contributed by atoms with Gasteiger partial charge in [-0.15, -0.1) is 11.3 Å². The fraction of sp³-hybridized carbons (Fsp3) is 0.667. The maximum Gasteiger partial charge on any atom is 0.234 e. The van der Waals surface area contributed by atoms with Gasteiger partial charge in [0, 0.05) is 19.5 Å². The Labute approximate surface area is 214 Å². The lowest BCUT2D eigenvalue weighted by molar-refractivity contribution is -0.125. The monoisotopic (exact) mass is 505 g/mol. The van der Waals surface area contributed by atoms with Gasteiger partial charge in [-0.25, -0.2) is 4.98 Å². The Morgan fingerprint density at radius 3 is 2.29 bits per heavy atom. The average Bonchev–Trinajstić information content (AvgIpc) is 3.23. The number of amides is 2. The van der Waals surface area contributed by atoms with Gasteiger partial charge in [0.05, 0.1) is 15.5 Å². The molecule has 0 bridgehead atoms. The smallest absolute Gasteiger partial charge is 0.234 e. The molecular formula is C27H43N3O2S2. The number of hydrogen-bond donors (Lipinski definition) is 2. The Morgan fingerprint density at radius 1 is 0.912 bits per heavy atom. The maximum absolute atomic E-state index is 12.9. The minimum Gasteiger partial charge on any atom is -0.356 e. The summed E-state index contributed by atoms with van der Waals surface area (Å²) in [7, 11) is 0. The van der Waals surface area contributed by atoms with E-state index in [4.69, 9.17) is 4.98 Å². The van der Waals surface area contributed by atoms with Gasteiger partial charge in [0.25, 0.3) is 0 Å². The summed E-state index contributed by atoms with van der Waals surface area (Å²) in [4.78, 5) is 30.3. The first-order valence-electron chi connectivity index (χ1n) is 13.2. The molecule has 1 aromatic heterocycles. The number of aryl methyl sites for hydroxylation is 1. The van der Waals surface area contributed by atoms with Crippen LogP contribution in [-0.4, -0.2) is 35.1 Å². The van der Waals surface area contributed by atoms with E-state index >= 15 is 0 Å². The predicted molar refractivity (Wildman–Crippen MR) is 147 cm³/mol. The van der Waals surface area contributed by atoms with Crippen molar-refractivity contribution in [1.82, 2.24) is 15.6 Å². The molecule has 0 radical (unpaired) electrons. The van der Waals surface area contributed by atoms with Gasteiger partial charge in [-0.1, -0.05) is 83.5 Å². The Balaban J connectivity index is 2.02. The zero-order valence-corrected chi connectivity index (χ0v) is 22.9. The van der Waals surface area contributed by atoms with Gasteiger partial charge in [0.2, 0.25) is 11.8 Å². The van der Waals surface area contributed by atoms with E-state index in [0.29, 0.717) is 13.1 Å². The van der Waals surface area contributed by atoms with Crippen LogP contribution in [0.1, 0.15) is 97.0 Å². The molecular weight excluding hydrogens is 462 g/mol. The second kappa shape index (κ2) is 16.9. The van der Waals surface area contributed by atoms with E-state index in [1.807, 2.05) is 0 Å². The second-order valence-electron chi connectivity index (χ2n) is 8.96. The molecule has 2 amide bonds. The van der Waals surface area contributed by atoms with Crippen molar-refractivity contribution in [2.75, 3.05) is 13.1 Å². The molecule has 0 aliphatic heterocycles. The summed E-state index contributed by atoms with van der Waals surface area (Å²) in [5, 5.41) is 5.54. The van der Waals surface area contributed by atoms with Crippen LogP contribution in [0, 0.1) is 0 Å². The number of thioether (sulfide) groups is 1. The van der Waals surface area contributed by atoms with E-state index in [0.717, 1.165) is 59.5 Å². The highest BCUT2D eigenvalue weighted by Crippen LogP contribution is 2.34. The van der Waals surface area contributed by atoms with Gasteiger partial charge in [-0.05, 0) is 43.4 Å². The quantitative estimate of drug-likeness (QED) is 0.171. The summed E-state index contributed by atoms with van der Waals surface area (Å²) in [6, 6.07) is 6.52. The van der Waals surface area contributed by atoms with Crippen LogP contribution >= 0.6 is 23.1 Å². The number of carbonyl (C=O) groups excluding carboxylic acids is 2. The Morgan fingerprint density at radius 2 is 1.59 bits per heavy atom. The third-order valence-corrected chi connectivity index (χ3v) is 8.17. The Hall–Kier alpha value is -1.60. The minimum absolute atomic E-state index is 0.0622. The van der Waals surface area contributed by atoms with Gasteiger partial charge in [0.15, 0.2) is 4.34 Å². The van der Waals surface area contributed by atoms with Crippen LogP contribution in [-0.2, 0) is 16.0 Å². The van der Waals surface area contributed by atoms with Crippen LogP contribution in [0.15, 0.2) is 22.5 Å². The minimum atomic E-state index is -0.470. The van der Waals surface area contributed by atoms with Gasteiger partial charge in [-0.2, -0.15) is 0 Å². The molecule has 2 aromatic rings. The number of benzene rings is 1. The summed E-state index contributed by atoms with van der Waals surface area (Å²) in [6.07, 6.45) is 12.6. The van der Waals surface area contributed by atoms with Crippen molar-refractivity contribution in [2.45, 2.75) is 107 Å². The molecule has 0 aliphatic rings. The first-order chi connectivity index (χ1) is 16.6. The van der Waals surface area contributed by atoms with E-state index in [9.17, 15) is 9.59 Å². The molecule has 7 heteroatoms. The standard InChI is InChI=1S/C27H43N3O2S2/c1-4-7-10-11-14-21-15-16-23-22(19-21)30-27(33-23)34-24(26(32)29-18-13-9-6-3)20-25(31)28-17-12-8-5-2/h15-16,19,24H,4-14,17-18,20H2,1-3H3,(H,28,31)(H,29,32). The number of unbranched alkanes of at least 4 members (excludes halogenated alkanes) is 7. The molecule has 0 aliphatic carbocycles. The van der Waals surface area contributed by atoms with E-state index in [1.165, 1.54) is 43.0 Å². The van der Waals surface area contributed by atoms with E-state index in [2.05, 4.69) is 49.6 Å². The van der Waals surface area contributed by atoms with Crippen molar-refractivity contribution in [3.8, 4) is 0 Å². The van der Waals surface area contributed by atoms with Crippen LogP contribution in [0.25, 0.3) is 10.2 Å². The molecule has 5 nitrogen and oxygen atoms in total. The third kappa shape index (κ3) is 10.8. The average molecular weight is 506 g/mol. The number of nitrogens with zero attached hydrogens (tertiary/aromatic N) is 1. The van der Waals surface area contributed by atoms with Crippen LogP contribution < -0.4 is 10.6 Å². The first kappa shape index (κ1) is 28.6. The van der Waals surface area contributed by atoms with Crippen molar-refractivity contribution in [3.63, 3.8) is 0 Å². The lowest BCUT2D eigenvalue weighted by Gasteiger charge is -2.15. The highest BCUT2D eigenvalue weighted by molar-refractivity contribution is 8.02. The zero-order chi connectivity index (χ0) is 24.6. The van der Waals surface area contributed by atoms with Crippen molar-refractivity contribution < 1.29 is 9.59 Å². The summed E-state index contributed by atoms with van der Waals surface area (Å²) in [6.45, 7) is 7.85. The van der Waals surface area contributed by atoms with Gasteiger partial charge >= 0.3 is 0 Å². The SMILES string of the molecule is CCCCCCc1ccc2sc(SC(CC(=O)NCCCCC)C(=O)NCCCCC)nc2c1. The Kier molecular flexibility index (Phi) is 14.3. The second-order valence-corrected chi connectivity index (χ2v) is 11.4. The molecule has 0 saturated carbocycles. The number of nitrogens with one attached hydrogen (secondary N) is 2. The van der Waals surface area contributed by atoms with Crippen molar-refractivity contribution in [2.24, 2.45) is 0 Å². The highest BCUT2D eigenvalue weighted by atomic mass is 32.2. The van der Waals surface area contributed by atoms with E-state index in [1.54, 1.807) is 11.3 Å². The van der Waals surface area contributed by atoms with Gasteiger partial charge in [0.1, 0.15) is 0 Å². The van der Waals surface area contributed by atoms with Crippen LogP contribution in [0.3, 0.4) is 0 Å². The van der Waals surface area contributed by atoms with E-state index < -0.39 is 5.25 Å². The number of hydrogen-bond acceptors (Lipinski definition) is 5. The van der Waals surface area contributed by atoms with Gasteiger partial charge in [-0.3, -0.25) is 9.59 Å². The molecule has 0 saturated heterocycles. The van der Waals surface area contributed by atoms with Crippen molar-refractivity contribution in [3.05, 3.63) is 23.8 Å². The van der Waals surface area contributed by atoms with Crippen LogP contribution in [0.4, 0.5) is 0 Å². The highest BCUT2D eigenvalue weighted by Gasteiger charge is 2.24. The molecule has 0 fully saturated rings. The van der Waals surface area contributed by atoms with Crippen LogP contribution in [0.5, 0.6) is 0 Å².